The minimum absolute atomic E-state index is 0. The number of quaternary nitrogens is 1. The first-order valence-corrected chi connectivity index (χ1v) is 11.5. The quantitative estimate of drug-likeness (QED) is 0.174. The number of amides is 1. The van der Waals surface area contributed by atoms with Crippen LogP contribution < -0.4 is 31.8 Å². The second-order valence-corrected chi connectivity index (χ2v) is 8.61. The van der Waals surface area contributed by atoms with Crippen molar-refractivity contribution in [3.05, 3.63) is 66.2 Å². The average molecular weight is 534 g/mol. The maximum atomic E-state index is 11.9. The molecule has 0 aliphatic carbocycles. The Morgan fingerprint density at radius 3 is 2.41 bits per heavy atom. The predicted molar refractivity (Wildman–Crippen MR) is 132 cm³/mol. The molecular formula is C27H37BrN2O4. The summed E-state index contributed by atoms with van der Waals surface area (Å²) in [5, 5.41) is 2.85. The van der Waals surface area contributed by atoms with E-state index in [0.29, 0.717) is 59.8 Å². The molecule has 0 heterocycles. The standard InChI is InChI=1S/C27H36N2O4.BrH/c1-6-11-22-12-9-13-25(33-23-16-14-21(15-17-23)24(30)7-2)27(22)32-19-10-18-29(4,5)20-26(31)28-8-3;/h6,9,12-17H,1,7-8,10-11,18-20H2,2-5H3;1H. The third-order valence-corrected chi connectivity index (χ3v) is 5.25. The minimum Gasteiger partial charge on any atom is -1.00 e. The number of carbonyl (C=O) groups is 2. The highest BCUT2D eigenvalue weighted by atomic mass is 79.9. The van der Waals surface area contributed by atoms with E-state index in [1.807, 2.05) is 52.2 Å². The molecule has 1 amide bonds. The Balaban J connectivity index is 0.00000578. The highest BCUT2D eigenvalue weighted by Gasteiger charge is 2.20. The Morgan fingerprint density at radius 2 is 1.79 bits per heavy atom. The molecule has 0 spiro atoms. The lowest BCUT2D eigenvalue weighted by atomic mass is 10.1. The van der Waals surface area contributed by atoms with Gasteiger partial charge in [0.15, 0.2) is 23.8 Å². The number of halogens is 1. The maximum Gasteiger partial charge on any atom is 0.275 e. The molecule has 2 aromatic carbocycles. The molecule has 0 radical (unpaired) electrons. The van der Waals surface area contributed by atoms with Crippen LogP contribution in [0, 0.1) is 0 Å². The van der Waals surface area contributed by atoms with Gasteiger partial charge in [-0.1, -0.05) is 25.1 Å². The number of allylic oxidation sites excluding steroid dienone is 1. The summed E-state index contributed by atoms with van der Waals surface area (Å²) in [7, 11) is 4.09. The van der Waals surface area contributed by atoms with Crippen molar-refractivity contribution < 1.29 is 40.5 Å². The first kappa shape index (κ1) is 29.4. The molecule has 7 heteroatoms. The van der Waals surface area contributed by atoms with Gasteiger partial charge in [-0.25, -0.2) is 0 Å². The summed E-state index contributed by atoms with van der Waals surface area (Å²) < 4.78 is 12.9. The number of para-hydroxylation sites is 1. The van der Waals surface area contributed by atoms with E-state index in [1.165, 1.54) is 0 Å². The second-order valence-electron chi connectivity index (χ2n) is 8.61. The molecule has 2 rings (SSSR count). The van der Waals surface area contributed by atoms with Crippen LogP contribution in [0.25, 0.3) is 0 Å². The smallest absolute Gasteiger partial charge is 0.275 e. The average Bonchev–Trinajstić information content (AvgIpc) is 2.78. The zero-order chi connectivity index (χ0) is 24.3. The molecule has 0 saturated heterocycles. The van der Waals surface area contributed by atoms with Crippen LogP contribution >= 0.6 is 0 Å². The largest absolute Gasteiger partial charge is 1.00 e. The normalized spacial score (nSPS) is 10.7. The molecule has 34 heavy (non-hydrogen) atoms. The predicted octanol–water partition coefficient (Wildman–Crippen LogP) is 1.79. The molecule has 0 atom stereocenters. The highest BCUT2D eigenvalue weighted by Crippen LogP contribution is 2.35. The molecule has 0 fully saturated rings. The van der Waals surface area contributed by atoms with Crippen molar-refractivity contribution in [3.8, 4) is 17.2 Å². The maximum absolute atomic E-state index is 11.9. The van der Waals surface area contributed by atoms with Gasteiger partial charge in [0, 0.05) is 30.5 Å². The fourth-order valence-electron chi connectivity index (χ4n) is 3.55. The van der Waals surface area contributed by atoms with Gasteiger partial charge in [0.1, 0.15) is 5.75 Å². The third-order valence-electron chi connectivity index (χ3n) is 5.25. The number of carbonyl (C=O) groups excluding carboxylic acids is 2. The molecule has 2 aromatic rings. The molecular weight excluding hydrogens is 496 g/mol. The Bertz CT molecular complexity index is 942. The van der Waals surface area contributed by atoms with Crippen LogP contribution in [0.15, 0.2) is 55.1 Å². The molecule has 1 N–H and O–H groups in total. The Labute approximate surface area is 214 Å². The topological polar surface area (TPSA) is 64.6 Å². The molecule has 6 nitrogen and oxygen atoms in total. The molecule has 186 valence electrons. The van der Waals surface area contributed by atoms with Crippen molar-refractivity contribution in [2.24, 2.45) is 0 Å². The first-order valence-electron chi connectivity index (χ1n) is 11.5. The summed E-state index contributed by atoms with van der Waals surface area (Å²) in [6.45, 7) is 10.0. The fourth-order valence-corrected chi connectivity index (χ4v) is 3.55. The SMILES string of the molecule is C=CCc1cccc(Oc2ccc(C(=O)CC)cc2)c1OCCC[N+](C)(C)CC(=O)NCC.[Br-]. The van der Waals surface area contributed by atoms with Crippen LogP contribution in [0.3, 0.4) is 0 Å². The van der Waals surface area contributed by atoms with E-state index < -0.39 is 0 Å². The van der Waals surface area contributed by atoms with E-state index >= 15 is 0 Å². The fraction of sp³-hybridized carbons (Fsp3) is 0.407. The summed E-state index contributed by atoms with van der Waals surface area (Å²) in [6, 6.07) is 13.0. The summed E-state index contributed by atoms with van der Waals surface area (Å²) in [4.78, 5) is 23.8. The lowest BCUT2D eigenvalue weighted by Gasteiger charge is -2.29. The Morgan fingerprint density at radius 1 is 1.09 bits per heavy atom. The van der Waals surface area contributed by atoms with Gasteiger partial charge in [-0.2, -0.15) is 0 Å². The van der Waals surface area contributed by atoms with Crippen molar-refractivity contribution in [2.75, 3.05) is 40.3 Å². The van der Waals surface area contributed by atoms with E-state index in [2.05, 4.69) is 11.9 Å². The number of ether oxygens (including phenoxy) is 2. The third kappa shape index (κ3) is 9.31. The Hall–Kier alpha value is -2.64. The summed E-state index contributed by atoms with van der Waals surface area (Å²) >= 11 is 0. The van der Waals surface area contributed by atoms with Crippen LogP contribution in [0.1, 0.15) is 42.6 Å². The molecule has 0 unspecified atom stereocenters. The Kier molecular flexibility index (Phi) is 12.6. The zero-order valence-corrected chi connectivity index (χ0v) is 22.3. The van der Waals surface area contributed by atoms with Crippen LogP contribution in [-0.4, -0.2) is 56.5 Å². The summed E-state index contributed by atoms with van der Waals surface area (Å²) in [5.41, 5.74) is 1.67. The number of hydrogen-bond donors (Lipinski definition) is 1. The van der Waals surface area contributed by atoms with E-state index in [1.54, 1.807) is 24.3 Å². The summed E-state index contributed by atoms with van der Waals surface area (Å²) in [6.07, 6.45) is 3.77. The van der Waals surface area contributed by atoms with E-state index in [4.69, 9.17) is 9.47 Å². The second kappa shape index (κ2) is 14.6. The van der Waals surface area contributed by atoms with Crippen molar-refractivity contribution in [1.82, 2.24) is 5.32 Å². The molecule has 0 aliphatic heterocycles. The van der Waals surface area contributed by atoms with Gasteiger partial charge in [-0.05, 0) is 43.7 Å². The van der Waals surface area contributed by atoms with Crippen LogP contribution in [0.2, 0.25) is 0 Å². The lowest BCUT2D eigenvalue weighted by Crippen LogP contribution is -3.00. The number of hydrogen-bond acceptors (Lipinski definition) is 4. The van der Waals surface area contributed by atoms with Gasteiger partial charge < -0.3 is 36.3 Å². The van der Waals surface area contributed by atoms with E-state index in [0.717, 1.165) is 18.5 Å². The van der Waals surface area contributed by atoms with Crippen molar-refractivity contribution in [2.45, 2.75) is 33.1 Å². The van der Waals surface area contributed by atoms with Gasteiger partial charge >= 0.3 is 0 Å². The van der Waals surface area contributed by atoms with E-state index in [-0.39, 0.29) is 28.7 Å². The van der Waals surface area contributed by atoms with Crippen molar-refractivity contribution >= 4 is 11.7 Å². The number of rotatable bonds is 14. The van der Waals surface area contributed by atoms with Crippen molar-refractivity contribution in [1.29, 1.82) is 0 Å². The van der Waals surface area contributed by atoms with Crippen LogP contribution in [-0.2, 0) is 11.2 Å². The van der Waals surface area contributed by atoms with Gasteiger partial charge in [0.25, 0.3) is 5.91 Å². The zero-order valence-electron chi connectivity index (χ0n) is 20.7. The lowest BCUT2D eigenvalue weighted by molar-refractivity contribution is -0.882. The first-order chi connectivity index (χ1) is 15.8. The number of nitrogens with one attached hydrogen (secondary N) is 1. The van der Waals surface area contributed by atoms with Crippen LogP contribution in [0.5, 0.6) is 17.2 Å². The molecule has 0 saturated carbocycles. The van der Waals surface area contributed by atoms with Gasteiger partial charge in [0.05, 0.1) is 27.2 Å². The van der Waals surface area contributed by atoms with E-state index in [9.17, 15) is 9.59 Å². The number of ketones is 1. The minimum atomic E-state index is 0. The number of nitrogens with zero attached hydrogens (tertiary/aromatic N) is 1. The number of Topliss-reactive ketones (excluding diaryl/α,β-unsaturated/α-hetero) is 1. The number of likely N-dealkylation sites (N-methyl/N-ethyl adjacent to an activating group) is 2. The van der Waals surface area contributed by atoms with Crippen molar-refractivity contribution in [3.63, 3.8) is 0 Å². The monoisotopic (exact) mass is 532 g/mol. The molecule has 0 aliphatic rings. The van der Waals surface area contributed by atoms with Gasteiger partial charge in [-0.15, -0.1) is 6.58 Å². The highest BCUT2D eigenvalue weighted by molar-refractivity contribution is 5.95. The van der Waals surface area contributed by atoms with Gasteiger partial charge in [-0.3, -0.25) is 9.59 Å². The number of benzene rings is 2. The molecule has 0 aromatic heterocycles. The van der Waals surface area contributed by atoms with Crippen LogP contribution in [0.4, 0.5) is 0 Å². The molecule has 0 bridgehead atoms. The van der Waals surface area contributed by atoms with Gasteiger partial charge in [0.2, 0.25) is 0 Å². The summed E-state index contributed by atoms with van der Waals surface area (Å²) in [5.74, 6) is 2.12.